The van der Waals surface area contributed by atoms with E-state index < -0.39 is 140 Å². The van der Waals surface area contributed by atoms with Gasteiger partial charge in [0.25, 0.3) is 0 Å². The van der Waals surface area contributed by atoms with Gasteiger partial charge in [0, 0.05) is 13.0 Å². The fourth-order valence-corrected chi connectivity index (χ4v) is 11.3. The van der Waals surface area contributed by atoms with Crippen molar-refractivity contribution < 1.29 is 96.2 Å². The molecule has 0 bridgehead atoms. The topological polar surface area (TPSA) is 362 Å². The first kappa shape index (κ1) is 73.4. The molecule has 0 aliphatic carbocycles. The second kappa shape index (κ2) is 43.0. The van der Waals surface area contributed by atoms with Gasteiger partial charge in [-0.1, -0.05) is 181 Å². The Morgan fingerprint density at radius 3 is 1.53 bits per heavy atom. The van der Waals surface area contributed by atoms with Crippen molar-refractivity contribution in [3.63, 3.8) is 0 Å². The number of aliphatic hydroxyl groups is 5. The molecule has 2 saturated heterocycles. The summed E-state index contributed by atoms with van der Waals surface area (Å²) in [6, 6.07) is -3.46. The van der Waals surface area contributed by atoms with E-state index in [9.17, 15) is 63.7 Å². The number of phosphoric ester groups is 2. The molecule has 2 aliphatic heterocycles. The summed E-state index contributed by atoms with van der Waals surface area (Å²) in [5.41, 5.74) is 5.45. The molecule has 23 nitrogen and oxygen atoms in total. The molecular formula is C54H105N3O20P2. The largest absolute Gasteiger partial charge is 0.474 e. The fraction of sp³-hybridized carbons (Fsp3) is 0.944. The summed E-state index contributed by atoms with van der Waals surface area (Å²) in [7, 11) is -10.4. The van der Waals surface area contributed by atoms with E-state index in [1.165, 1.54) is 64.2 Å². The van der Waals surface area contributed by atoms with Gasteiger partial charge in [0.05, 0.1) is 38.8 Å². The number of esters is 1. The third kappa shape index (κ3) is 32.8. The highest BCUT2D eigenvalue weighted by atomic mass is 31.2. The number of nitrogens with two attached hydrogens (primary N) is 1. The molecule has 25 heteroatoms. The molecular weight excluding hydrogens is 1070 g/mol. The van der Waals surface area contributed by atoms with Gasteiger partial charge in [-0.2, -0.15) is 0 Å². The smallest absolute Gasteiger partial charge is 0.462 e. The second-order valence-electron chi connectivity index (χ2n) is 21.5. The summed E-state index contributed by atoms with van der Waals surface area (Å²) < 4.78 is 63.6. The molecule has 466 valence electrons. The maximum atomic E-state index is 14.0. The van der Waals surface area contributed by atoms with Crippen LogP contribution in [0.1, 0.15) is 226 Å². The summed E-state index contributed by atoms with van der Waals surface area (Å²) in [6.45, 7) is 4.05. The Kier molecular flexibility index (Phi) is 39.9. The Hall–Kier alpha value is -1.73. The predicted octanol–water partition coefficient (Wildman–Crippen LogP) is 6.88. The van der Waals surface area contributed by atoms with E-state index in [0.717, 1.165) is 89.9 Å². The molecule has 0 aromatic rings. The molecule has 13 atom stereocenters. The Balaban J connectivity index is 2.27. The number of amides is 2. The van der Waals surface area contributed by atoms with E-state index in [2.05, 4.69) is 31.4 Å². The number of nitrogens with one attached hydrogen (secondary N) is 2. The number of aliphatic hydroxyl groups excluding tert-OH is 5. The number of rotatable bonds is 48. The minimum atomic E-state index is -5.37. The number of hydrogen-bond acceptors (Lipinski definition) is 18. The molecule has 0 saturated carbocycles. The lowest BCUT2D eigenvalue weighted by Crippen LogP contribution is -2.67. The lowest BCUT2D eigenvalue weighted by atomic mass is 9.95. The number of carbonyl (C=O) groups is 3. The number of ether oxygens (including phenoxy) is 4. The highest BCUT2D eigenvalue weighted by molar-refractivity contribution is 7.47. The van der Waals surface area contributed by atoms with Crippen molar-refractivity contribution in [2.75, 3.05) is 26.4 Å². The van der Waals surface area contributed by atoms with Gasteiger partial charge in [0.1, 0.15) is 54.8 Å². The number of phosphoric acid groups is 2. The van der Waals surface area contributed by atoms with E-state index in [0.29, 0.717) is 32.1 Å². The van der Waals surface area contributed by atoms with Crippen LogP contribution in [-0.4, -0.2) is 158 Å². The Morgan fingerprint density at radius 1 is 0.582 bits per heavy atom. The normalized spacial score (nSPS) is 25.1. The van der Waals surface area contributed by atoms with Crippen LogP contribution in [0.15, 0.2) is 0 Å². The molecule has 2 fully saturated rings. The third-order valence-corrected chi connectivity index (χ3v) is 15.9. The average molecular weight is 1180 g/mol. The van der Waals surface area contributed by atoms with Gasteiger partial charge >= 0.3 is 21.6 Å². The highest BCUT2D eigenvalue weighted by Crippen LogP contribution is 2.46. The molecule has 79 heavy (non-hydrogen) atoms. The average Bonchev–Trinajstić information content (AvgIpc) is 3.43. The number of unbranched alkanes of at least 4 members (excludes halogenated alkanes) is 24. The molecule has 2 heterocycles. The first-order valence-corrected chi connectivity index (χ1v) is 33.0. The van der Waals surface area contributed by atoms with Crippen LogP contribution in [0.25, 0.3) is 0 Å². The van der Waals surface area contributed by atoms with Gasteiger partial charge in [-0.15, -0.1) is 0 Å². The lowest BCUT2D eigenvalue weighted by molar-refractivity contribution is -0.294. The Morgan fingerprint density at radius 2 is 1.04 bits per heavy atom. The van der Waals surface area contributed by atoms with Crippen molar-refractivity contribution in [3.05, 3.63) is 0 Å². The van der Waals surface area contributed by atoms with Gasteiger partial charge in [-0.05, 0) is 25.7 Å². The predicted molar refractivity (Wildman–Crippen MR) is 296 cm³/mol. The molecule has 2 amide bonds. The quantitative estimate of drug-likeness (QED) is 0.0168. The van der Waals surface area contributed by atoms with Crippen LogP contribution in [0, 0.1) is 0 Å². The number of hydrogen-bond donors (Lipinski definition) is 11. The van der Waals surface area contributed by atoms with Gasteiger partial charge < -0.3 is 75.5 Å². The van der Waals surface area contributed by atoms with Crippen LogP contribution >= 0.6 is 15.6 Å². The highest BCUT2D eigenvalue weighted by Gasteiger charge is 2.52. The minimum absolute atomic E-state index is 0.155. The van der Waals surface area contributed by atoms with Crippen molar-refractivity contribution >= 4 is 33.4 Å². The second-order valence-corrected chi connectivity index (χ2v) is 24.1. The zero-order chi connectivity index (χ0) is 58.5. The molecule has 0 radical (unpaired) electrons. The van der Waals surface area contributed by atoms with Gasteiger partial charge in [0.2, 0.25) is 11.8 Å². The summed E-state index contributed by atoms with van der Waals surface area (Å²) in [6.07, 6.45) is 11.1. The molecule has 0 aromatic carbocycles. The van der Waals surface area contributed by atoms with Crippen LogP contribution in [0.2, 0.25) is 0 Å². The maximum absolute atomic E-state index is 14.0. The van der Waals surface area contributed by atoms with Crippen molar-refractivity contribution in [2.45, 2.75) is 300 Å². The first-order valence-electron chi connectivity index (χ1n) is 29.9. The summed E-state index contributed by atoms with van der Waals surface area (Å²) in [5.74, 6) is -2.07. The van der Waals surface area contributed by atoms with Gasteiger partial charge in [0.15, 0.2) is 12.6 Å². The molecule has 2 rings (SSSR count). The third-order valence-electron chi connectivity index (χ3n) is 14.4. The van der Waals surface area contributed by atoms with Crippen LogP contribution in [0.5, 0.6) is 0 Å². The zero-order valence-corrected chi connectivity index (χ0v) is 49.6. The van der Waals surface area contributed by atoms with E-state index in [1.807, 2.05) is 0 Å². The van der Waals surface area contributed by atoms with Crippen molar-refractivity contribution in [2.24, 2.45) is 5.73 Å². The van der Waals surface area contributed by atoms with Gasteiger partial charge in [-0.25, -0.2) is 9.13 Å². The fourth-order valence-electron chi connectivity index (χ4n) is 9.90. The van der Waals surface area contributed by atoms with E-state index >= 15 is 0 Å². The first-order chi connectivity index (χ1) is 37.8. The Bertz CT molecular complexity index is 1710. The maximum Gasteiger partial charge on any atom is 0.474 e. The minimum Gasteiger partial charge on any atom is -0.462 e. The lowest BCUT2D eigenvalue weighted by Gasteiger charge is -2.45. The molecule has 1 unspecified atom stereocenters. The SMILES string of the molecule is CCCCCCCCCCCC(=O)O[C@H](CCCCCCCCCCC)CC(=O)N[C@H]1[C@H](OC[C@H]2O[C@H](OP(=O)(O)OCCN)[C@H](NC(=O)C[C@H](O)CCCCCCCCCCC)[C@@H](O)[C@@H]2O)O[C@H](CO)[C@@H](OP(=O)(O)O)[C@@H]1O. The molecule has 2 aliphatic rings. The standard InChI is InChI=1S/C54H105N3O20P2/c1-4-7-10-13-16-19-22-25-28-31-40(59)36-44(60)56-47-50(64)49(63)43(75-54(47)77-79(69,70)72-35-34-55)39-71-53-48(51(65)52(42(38-58)74-53)76-78(66,67)68)57-45(61)37-41(32-29-26-23-20-17-14-11-8-5-2)73-46(62)33-30-27-24-21-18-15-12-9-6-3/h40-43,47-54,58-59,63-65H,4-39,55H2,1-3H3,(H,56,60)(H,57,61)(H,69,70)(H2,66,67,68)/t40-,41-,42-,43-,47-,48-,49-,50-,51-,52-,53-,54-/m1/s1. The van der Waals surface area contributed by atoms with E-state index in [1.54, 1.807) is 0 Å². The number of carbonyl (C=O) groups excluding carboxylic acids is 3. The monoisotopic (exact) mass is 1180 g/mol. The van der Waals surface area contributed by atoms with E-state index in [4.69, 9.17) is 38.3 Å². The zero-order valence-electron chi connectivity index (χ0n) is 47.8. The molecule has 0 aromatic heterocycles. The molecule has 12 N–H and O–H groups in total. The summed E-state index contributed by atoms with van der Waals surface area (Å²) >= 11 is 0. The van der Waals surface area contributed by atoms with Crippen LogP contribution < -0.4 is 16.4 Å². The van der Waals surface area contributed by atoms with Gasteiger partial charge in [-0.3, -0.25) is 28.0 Å². The molecule has 0 spiro atoms. The van der Waals surface area contributed by atoms with Crippen molar-refractivity contribution in [3.8, 4) is 0 Å². The summed E-state index contributed by atoms with van der Waals surface area (Å²) in [5, 5.41) is 60.4. The Labute approximate surface area is 470 Å². The van der Waals surface area contributed by atoms with Crippen LogP contribution in [0.4, 0.5) is 0 Å². The van der Waals surface area contributed by atoms with Crippen molar-refractivity contribution in [1.82, 2.24) is 10.6 Å². The van der Waals surface area contributed by atoms with Crippen LogP contribution in [0.3, 0.4) is 0 Å². The summed E-state index contributed by atoms with van der Waals surface area (Å²) in [4.78, 5) is 70.5. The van der Waals surface area contributed by atoms with E-state index in [-0.39, 0.29) is 13.0 Å². The van der Waals surface area contributed by atoms with Crippen molar-refractivity contribution in [1.29, 1.82) is 0 Å². The van der Waals surface area contributed by atoms with Crippen LogP contribution in [-0.2, 0) is 56.0 Å².